The summed E-state index contributed by atoms with van der Waals surface area (Å²) in [5.41, 5.74) is 3.01. The van der Waals surface area contributed by atoms with Gasteiger partial charge in [-0.1, -0.05) is 35.1 Å². The van der Waals surface area contributed by atoms with Gasteiger partial charge in [0.2, 0.25) is 5.13 Å². The number of nitrogens with zero attached hydrogens (tertiary/aromatic N) is 2. The van der Waals surface area contributed by atoms with Crippen LogP contribution >= 0.6 is 22.9 Å². The normalized spacial score (nSPS) is 11.1. The van der Waals surface area contributed by atoms with Crippen molar-refractivity contribution < 1.29 is 4.74 Å². The molecule has 3 aromatic rings. The molecular formula is C18H15ClN2OS. The molecule has 0 amide bonds. The maximum Gasteiger partial charge on any atom is 0.209 e. The van der Waals surface area contributed by atoms with Crippen LogP contribution in [0.25, 0.3) is 11.3 Å². The number of ether oxygens (including phenoxy) is 1. The van der Waals surface area contributed by atoms with Gasteiger partial charge in [0.05, 0.1) is 12.8 Å². The molecule has 0 unspecified atom stereocenters. The van der Waals surface area contributed by atoms with Crippen molar-refractivity contribution in [3.05, 3.63) is 64.0 Å². The third-order valence-corrected chi connectivity index (χ3v) is 4.47. The van der Waals surface area contributed by atoms with Crippen molar-refractivity contribution in [1.82, 2.24) is 4.98 Å². The number of aromatic nitrogens is 1. The van der Waals surface area contributed by atoms with Crippen molar-refractivity contribution in [3.63, 3.8) is 0 Å². The molecule has 0 N–H and O–H groups in total. The fourth-order valence-electron chi connectivity index (χ4n) is 2.13. The van der Waals surface area contributed by atoms with Crippen LogP contribution < -0.4 is 4.74 Å². The highest BCUT2D eigenvalue weighted by atomic mass is 35.5. The molecule has 0 radical (unpaired) electrons. The van der Waals surface area contributed by atoms with Gasteiger partial charge in [0, 0.05) is 21.7 Å². The van der Waals surface area contributed by atoms with Gasteiger partial charge in [-0.2, -0.15) is 0 Å². The summed E-state index contributed by atoms with van der Waals surface area (Å²) in [6.07, 6.45) is 1.81. The van der Waals surface area contributed by atoms with Crippen molar-refractivity contribution in [2.24, 2.45) is 4.99 Å². The molecule has 0 aliphatic rings. The van der Waals surface area contributed by atoms with Gasteiger partial charge in [-0.3, -0.25) is 0 Å². The topological polar surface area (TPSA) is 34.5 Å². The van der Waals surface area contributed by atoms with E-state index in [0.29, 0.717) is 0 Å². The van der Waals surface area contributed by atoms with Gasteiger partial charge in [0.1, 0.15) is 5.75 Å². The summed E-state index contributed by atoms with van der Waals surface area (Å²) in [6.45, 7) is 2.05. The largest absolute Gasteiger partial charge is 0.497 e. The zero-order valence-electron chi connectivity index (χ0n) is 12.8. The van der Waals surface area contributed by atoms with E-state index in [1.165, 1.54) is 0 Å². The standard InChI is InChI=1S/C18H15ClN2OS/c1-12-17(14-5-7-15(19)8-6-14)21-18(23-12)20-11-13-3-9-16(22-2)10-4-13/h3-11H,1-2H3. The predicted molar refractivity (Wildman–Crippen MR) is 97.5 cm³/mol. The number of thiazole rings is 1. The first-order valence-electron chi connectivity index (χ1n) is 7.07. The molecule has 0 aliphatic heterocycles. The second kappa shape index (κ2) is 6.94. The minimum atomic E-state index is 0.722. The van der Waals surface area contributed by atoms with Crippen molar-refractivity contribution >= 4 is 34.3 Å². The fraction of sp³-hybridized carbons (Fsp3) is 0.111. The average Bonchev–Trinajstić information content (AvgIpc) is 2.95. The van der Waals surface area contributed by atoms with Crippen LogP contribution in [0.5, 0.6) is 5.75 Å². The molecular weight excluding hydrogens is 328 g/mol. The monoisotopic (exact) mass is 342 g/mol. The number of methoxy groups -OCH3 is 1. The number of hydrogen-bond donors (Lipinski definition) is 0. The zero-order valence-corrected chi connectivity index (χ0v) is 14.4. The molecule has 116 valence electrons. The van der Waals surface area contributed by atoms with Gasteiger partial charge in [-0.15, -0.1) is 0 Å². The summed E-state index contributed by atoms with van der Waals surface area (Å²) in [4.78, 5) is 10.2. The lowest BCUT2D eigenvalue weighted by molar-refractivity contribution is 0.415. The van der Waals surface area contributed by atoms with Crippen LogP contribution in [0.2, 0.25) is 5.02 Å². The van der Waals surface area contributed by atoms with E-state index in [-0.39, 0.29) is 0 Å². The highest BCUT2D eigenvalue weighted by molar-refractivity contribution is 7.15. The molecule has 3 rings (SSSR count). The van der Waals surface area contributed by atoms with Crippen LogP contribution in [0.1, 0.15) is 10.4 Å². The highest BCUT2D eigenvalue weighted by Gasteiger charge is 2.09. The smallest absolute Gasteiger partial charge is 0.209 e. The molecule has 23 heavy (non-hydrogen) atoms. The lowest BCUT2D eigenvalue weighted by Gasteiger charge is -1.98. The maximum absolute atomic E-state index is 5.93. The molecule has 0 fully saturated rings. The third kappa shape index (κ3) is 3.78. The zero-order chi connectivity index (χ0) is 16.2. The third-order valence-electron chi connectivity index (χ3n) is 3.34. The maximum atomic E-state index is 5.93. The van der Waals surface area contributed by atoms with Crippen LogP contribution in [0.3, 0.4) is 0 Å². The summed E-state index contributed by atoms with van der Waals surface area (Å²) in [7, 11) is 1.65. The molecule has 0 spiro atoms. The SMILES string of the molecule is COc1ccc(C=Nc2nc(-c3ccc(Cl)cc3)c(C)s2)cc1. The lowest BCUT2D eigenvalue weighted by atomic mass is 10.1. The Balaban J connectivity index is 1.82. The van der Waals surface area contributed by atoms with E-state index in [0.717, 1.165) is 37.6 Å². The summed E-state index contributed by atoms with van der Waals surface area (Å²) in [6, 6.07) is 15.4. The molecule has 5 heteroatoms. The molecule has 0 saturated carbocycles. The second-order valence-corrected chi connectivity index (χ2v) is 6.56. The van der Waals surface area contributed by atoms with Gasteiger partial charge in [-0.25, -0.2) is 9.98 Å². The number of halogens is 1. The minimum absolute atomic E-state index is 0.722. The summed E-state index contributed by atoms with van der Waals surface area (Å²) in [5.74, 6) is 0.831. The molecule has 1 aromatic heterocycles. The summed E-state index contributed by atoms with van der Waals surface area (Å²) in [5, 5.41) is 1.46. The Morgan fingerprint density at radius 2 is 1.78 bits per heavy atom. The number of hydrogen-bond acceptors (Lipinski definition) is 4. The van der Waals surface area contributed by atoms with Gasteiger partial charge in [-0.05, 0) is 48.9 Å². The number of benzene rings is 2. The first-order valence-corrected chi connectivity index (χ1v) is 8.26. The Labute approximate surface area is 144 Å². The van der Waals surface area contributed by atoms with Gasteiger partial charge < -0.3 is 4.74 Å². The Bertz CT molecular complexity index is 823. The van der Waals surface area contributed by atoms with Crippen LogP contribution in [0, 0.1) is 6.92 Å². The Hall–Kier alpha value is -2.17. The first kappa shape index (κ1) is 15.7. The van der Waals surface area contributed by atoms with E-state index < -0.39 is 0 Å². The number of aliphatic imine (C=N–C) groups is 1. The van der Waals surface area contributed by atoms with Crippen LogP contribution in [-0.2, 0) is 0 Å². The number of rotatable bonds is 4. The number of aryl methyl sites for hydroxylation is 1. The van der Waals surface area contributed by atoms with Gasteiger partial charge >= 0.3 is 0 Å². The molecule has 0 atom stereocenters. The van der Waals surface area contributed by atoms with Crippen molar-refractivity contribution in [2.75, 3.05) is 7.11 Å². The molecule has 0 bridgehead atoms. The fourth-order valence-corrected chi connectivity index (χ4v) is 3.04. The van der Waals surface area contributed by atoms with E-state index in [1.54, 1.807) is 18.4 Å². The lowest BCUT2D eigenvalue weighted by Crippen LogP contribution is -1.84. The van der Waals surface area contributed by atoms with Crippen molar-refractivity contribution in [3.8, 4) is 17.0 Å². The predicted octanol–water partition coefficient (Wildman–Crippen LogP) is 5.53. The molecule has 1 heterocycles. The van der Waals surface area contributed by atoms with E-state index in [1.807, 2.05) is 61.7 Å². The van der Waals surface area contributed by atoms with E-state index in [4.69, 9.17) is 16.3 Å². The second-order valence-electron chi connectivity index (χ2n) is 4.94. The quantitative estimate of drug-likeness (QED) is 0.584. The average molecular weight is 343 g/mol. The molecule has 0 aliphatic carbocycles. The van der Waals surface area contributed by atoms with Crippen LogP contribution in [-0.4, -0.2) is 18.3 Å². The summed E-state index contributed by atoms with van der Waals surface area (Å²) >= 11 is 7.51. The summed E-state index contributed by atoms with van der Waals surface area (Å²) < 4.78 is 5.14. The molecule has 2 aromatic carbocycles. The van der Waals surface area contributed by atoms with Gasteiger partial charge in [0.15, 0.2) is 0 Å². The molecule has 3 nitrogen and oxygen atoms in total. The van der Waals surface area contributed by atoms with Crippen molar-refractivity contribution in [2.45, 2.75) is 6.92 Å². The first-order chi connectivity index (χ1) is 11.2. The Kier molecular flexibility index (Phi) is 4.74. The van der Waals surface area contributed by atoms with E-state index in [2.05, 4.69) is 9.98 Å². The van der Waals surface area contributed by atoms with Crippen molar-refractivity contribution in [1.29, 1.82) is 0 Å². The van der Waals surface area contributed by atoms with Crippen LogP contribution in [0.15, 0.2) is 53.5 Å². The highest BCUT2D eigenvalue weighted by Crippen LogP contribution is 2.32. The Morgan fingerprint density at radius 1 is 1.09 bits per heavy atom. The Morgan fingerprint density at radius 3 is 2.43 bits per heavy atom. The van der Waals surface area contributed by atoms with E-state index in [9.17, 15) is 0 Å². The van der Waals surface area contributed by atoms with Crippen LogP contribution in [0.4, 0.5) is 5.13 Å². The van der Waals surface area contributed by atoms with E-state index >= 15 is 0 Å². The van der Waals surface area contributed by atoms with Gasteiger partial charge in [0.25, 0.3) is 0 Å². The minimum Gasteiger partial charge on any atom is -0.497 e. The molecule has 0 saturated heterocycles.